The fourth-order valence-electron chi connectivity index (χ4n) is 2.23. The van der Waals surface area contributed by atoms with Gasteiger partial charge in [-0.3, -0.25) is 0 Å². The number of rotatable bonds is 3. The third kappa shape index (κ3) is 1.90. The van der Waals surface area contributed by atoms with Crippen molar-refractivity contribution in [2.75, 3.05) is 13.7 Å². The standard InChI is InChI=1S/C13H15O3P/c1-14-13(11-4-7-17-9-11)5-2-10(3-6-13)12-8-15-16-12/h2-5,7,9,12,17H,6,8H2,1H3. The van der Waals surface area contributed by atoms with Crippen molar-refractivity contribution in [1.82, 2.24) is 0 Å². The van der Waals surface area contributed by atoms with E-state index in [2.05, 4.69) is 35.9 Å². The second-order valence-electron chi connectivity index (χ2n) is 4.30. The van der Waals surface area contributed by atoms with E-state index in [9.17, 15) is 0 Å². The fourth-order valence-corrected chi connectivity index (χ4v) is 3.13. The van der Waals surface area contributed by atoms with Crippen LogP contribution in [0.3, 0.4) is 0 Å². The van der Waals surface area contributed by atoms with Crippen LogP contribution in [0.25, 0.3) is 0 Å². The van der Waals surface area contributed by atoms with Gasteiger partial charge in [0, 0.05) is 13.5 Å². The predicted octanol–water partition coefficient (Wildman–Crippen LogP) is 2.78. The molecule has 3 nitrogen and oxygen atoms in total. The van der Waals surface area contributed by atoms with Crippen LogP contribution < -0.4 is 0 Å². The lowest BCUT2D eigenvalue weighted by molar-refractivity contribution is -0.413. The molecule has 0 aromatic carbocycles. The Bertz CT molecular complexity index is 445. The minimum Gasteiger partial charge on any atom is -0.369 e. The largest absolute Gasteiger partial charge is 0.369 e. The lowest BCUT2D eigenvalue weighted by atomic mass is 9.85. The van der Waals surface area contributed by atoms with Crippen LogP contribution in [0.2, 0.25) is 0 Å². The van der Waals surface area contributed by atoms with Crippen molar-refractivity contribution in [2.24, 2.45) is 0 Å². The molecule has 0 N–H and O–H groups in total. The molecule has 4 heteroatoms. The average Bonchev–Trinajstić information content (AvgIpc) is 2.82. The topological polar surface area (TPSA) is 27.7 Å². The van der Waals surface area contributed by atoms with Gasteiger partial charge in [0.2, 0.25) is 0 Å². The minimum atomic E-state index is -0.284. The molecule has 3 atom stereocenters. The zero-order chi connectivity index (χ0) is 11.7. The Morgan fingerprint density at radius 3 is 2.88 bits per heavy atom. The fraction of sp³-hybridized carbons (Fsp3) is 0.385. The van der Waals surface area contributed by atoms with E-state index in [0.29, 0.717) is 6.61 Å². The second kappa shape index (κ2) is 4.43. The monoisotopic (exact) mass is 250 g/mol. The summed E-state index contributed by atoms with van der Waals surface area (Å²) < 4.78 is 5.72. The molecule has 0 saturated carbocycles. The van der Waals surface area contributed by atoms with Crippen LogP contribution in [0.4, 0.5) is 0 Å². The molecule has 2 aliphatic rings. The summed E-state index contributed by atoms with van der Waals surface area (Å²) in [6, 6.07) is 2.16. The Hall–Kier alpha value is -0.860. The van der Waals surface area contributed by atoms with E-state index in [-0.39, 0.29) is 11.7 Å². The molecule has 1 saturated heterocycles. The molecule has 3 rings (SSSR count). The van der Waals surface area contributed by atoms with Gasteiger partial charge in [0.25, 0.3) is 0 Å². The van der Waals surface area contributed by atoms with Gasteiger partial charge < -0.3 is 4.74 Å². The Labute approximate surface area is 102 Å². The van der Waals surface area contributed by atoms with E-state index in [1.54, 1.807) is 7.11 Å². The van der Waals surface area contributed by atoms with Crippen LogP contribution >= 0.6 is 8.19 Å². The number of hydrogen-bond donors (Lipinski definition) is 0. The first-order valence-corrected chi connectivity index (χ1v) is 6.85. The maximum atomic E-state index is 5.72. The van der Waals surface area contributed by atoms with Gasteiger partial charge in [-0.25, -0.2) is 9.78 Å². The van der Waals surface area contributed by atoms with E-state index < -0.39 is 0 Å². The molecular weight excluding hydrogens is 235 g/mol. The van der Waals surface area contributed by atoms with Gasteiger partial charge in [-0.2, -0.15) is 0 Å². The molecule has 17 heavy (non-hydrogen) atoms. The maximum Gasteiger partial charge on any atom is 0.144 e. The summed E-state index contributed by atoms with van der Waals surface area (Å²) in [4.78, 5) is 9.75. The molecule has 1 aliphatic carbocycles. The van der Waals surface area contributed by atoms with Crippen molar-refractivity contribution < 1.29 is 14.5 Å². The summed E-state index contributed by atoms with van der Waals surface area (Å²) in [5, 5.41) is 0. The molecule has 0 spiro atoms. The van der Waals surface area contributed by atoms with Gasteiger partial charge in [0.15, 0.2) is 0 Å². The van der Waals surface area contributed by atoms with E-state index in [1.807, 2.05) is 0 Å². The smallest absolute Gasteiger partial charge is 0.144 e. The highest BCUT2D eigenvalue weighted by Crippen LogP contribution is 2.38. The molecule has 0 radical (unpaired) electrons. The average molecular weight is 250 g/mol. The summed E-state index contributed by atoms with van der Waals surface area (Å²) in [6.45, 7) is 0.653. The summed E-state index contributed by atoms with van der Waals surface area (Å²) >= 11 is 0. The molecule has 0 bridgehead atoms. The molecular formula is C13H15O3P. The number of ether oxygens (including phenoxy) is 1. The lowest BCUT2D eigenvalue weighted by Gasteiger charge is -2.33. The van der Waals surface area contributed by atoms with Crippen LogP contribution in [-0.2, 0) is 20.1 Å². The SMILES string of the molecule is COC1(c2cc[pH]c2)C=CC(C2COO2)=CC1. The minimum absolute atomic E-state index is 0.107. The van der Waals surface area contributed by atoms with E-state index >= 15 is 0 Å². The van der Waals surface area contributed by atoms with Crippen molar-refractivity contribution >= 4 is 8.19 Å². The van der Waals surface area contributed by atoms with Crippen LogP contribution in [0.5, 0.6) is 0 Å². The van der Waals surface area contributed by atoms with E-state index in [1.165, 1.54) is 11.1 Å². The lowest BCUT2D eigenvalue weighted by Crippen LogP contribution is -2.34. The summed E-state index contributed by atoms with van der Waals surface area (Å²) in [6.07, 6.45) is 7.38. The first-order chi connectivity index (χ1) is 8.34. The maximum absolute atomic E-state index is 5.72. The van der Waals surface area contributed by atoms with Crippen molar-refractivity contribution in [3.63, 3.8) is 0 Å². The Balaban J connectivity index is 1.82. The van der Waals surface area contributed by atoms with Crippen LogP contribution in [0.1, 0.15) is 12.0 Å². The molecule has 1 aromatic heterocycles. The van der Waals surface area contributed by atoms with Crippen molar-refractivity contribution in [1.29, 1.82) is 0 Å². The molecule has 90 valence electrons. The molecule has 1 aliphatic heterocycles. The zero-order valence-electron chi connectivity index (χ0n) is 9.68. The number of methoxy groups -OCH3 is 1. The predicted molar refractivity (Wildman–Crippen MR) is 67.3 cm³/mol. The molecule has 1 fully saturated rings. The van der Waals surface area contributed by atoms with Crippen molar-refractivity contribution in [3.05, 3.63) is 47.0 Å². The van der Waals surface area contributed by atoms with Crippen molar-refractivity contribution in [3.8, 4) is 0 Å². The van der Waals surface area contributed by atoms with Crippen LogP contribution in [-0.4, -0.2) is 19.8 Å². The third-order valence-electron chi connectivity index (χ3n) is 3.41. The molecule has 2 heterocycles. The first-order valence-electron chi connectivity index (χ1n) is 5.70. The first kappa shape index (κ1) is 11.2. The molecule has 1 aromatic rings. The highest BCUT2D eigenvalue weighted by atomic mass is 31.0. The van der Waals surface area contributed by atoms with E-state index in [0.717, 1.165) is 14.6 Å². The Morgan fingerprint density at radius 2 is 2.41 bits per heavy atom. The van der Waals surface area contributed by atoms with Crippen LogP contribution in [0.15, 0.2) is 41.5 Å². The molecule has 3 unspecified atom stereocenters. The Morgan fingerprint density at radius 1 is 1.53 bits per heavy atom. The summed E-state index contributed by atoms with van der Waals surface area (Å²) in [7, 11) is 2.54. The van der Waals surface area contributed by atoms with Crippen LogP contribution in [0, 0.1) is 0 Å². The highest BCUT2D eigenvalue weighted by molar-refractivity contribution is 7.28. The van der Waals surface area contributed by atoms with Gasteiger partial charge in [-0.15, -0.1) is 8.19 Å². The summed E-state index contributed by atoms with van der Waals surface area (Å²) in [5.74, 6) is 4.43. The Kier molecular flexibility index (Phi) is 2.93. The third-order valence-corrected chi connectivity index (χ3v) is 4.25. The quantitative estimate of drug-likeness (QED) is 0.772. The van der Waals surface area contributed by atoms with Gasteiger partial charge in [-0.05, 0) is 28.8 Å². The second-order valence-corrected chi connectivity index (χ2v) is 5.26. The number of hydrogen-bond acceptors (Lipinski definition) is 3. The normalized spacial score (nSPS) is 32.5. The highest BCUT2D eigenvalue weighted by Gasteiger charge is 2.33. The summed E-state index contributed by atoms with van der Waals surface area (Å²) in [5.41, 5.74) is 2.17. The van der Waals surface area contributed by atoms with Gasteiger partial charge >= 0.3 is 0 Å². The van der Waals surface area contributed by atoms with Gasteiger partial charge in [0.05, 0.1) is 0 Å². The van der Waals surface area contributed by atoms with Gasteiger partial charge in [-0.1, -0.05) is 18.2 Å². The van der Waals surface area contributed by atoms with E-state index in [4.69, 9.17) is 14.5 Å². The molecule has 0 amide bonds. The van der Waals surface area contributed by atoms with Crippen molar-refractivity contribution in [2.45, 2.75) is 18.1 Å². The van der Waals surface area contributed by atoms with Gasteiger partial charge in [0.1, 0.15) is 18.3 Å². The zero-order valence-corrected chi connectivity index (χ0v) is 10.7.